The van der Waals surface area contributed by atoms with Crippen LogP contribution in [0.3, 0.4) is 0 Å². The summed E-state index contributed by atoms with van der Waals surface area (Å²) < 4.78 is 5.49. The summed E-state index contributed by atoms with van der Waals surface area (Å²) in [6.07, 6.45) is 0.239. The predicted octanol–water partition coefficient (Wildman–Crippen LogP) is 2.44. The van der Waals surface area contributed by atoms with E-state index in [1.807, 2.05) is 33.8 Å². The summed E-state index contributed by atoms with van der Waals surface area (Å²) in [5.41, 5.74) is -0.322. The summed E-state index contributed by atoms with van der Waals surface area (Å²) in [5, 5.41) is 11.7. The van der Waals surface area contributed by atoms with Gasteiger partial charge in [0.15, 0.2) is 0 Å². The highest BCUT2D eigenvalue weighted by Crippen LogP contribution is 2.15. The molecule has 0 spiro atoms. The number of carboxylic acids is 1. The van der Waals surface area contributed by atoms with E-state index in [1.54, 1.807) is 6.07 Å². The molecule has 2 N–H and O–H groups in total. The van der Waals surface area contributed by atoms with E-state index in [0.29, 0.717) is 4.88 Å². The van der Waals surface area contributed by atoms with Crippen LogP contribution in [-0.4, -0.2) is 35.2 Å². The van der Waals surface area contributed by atoms with Gasteiger partial charge in [0.2, 0.25) is 0 Å². The molecule has 1 aromatic heterocycles. The molecule has 0 saturated carbocycles. The Bertz CT molecular complexity index is 476. The number of carbonyl (C=O) groups excluding carboxylic acids is 1. The van der Waals surface area contributed by atoms with Crippen molar-refractivity contribution in [2.45, 2.75) is 45.8 Å². The number of carboxylic acid groups (broad SMARTS) is 1. The van der Waals surface area contributed by atoms with Crippen LogP contribution in [0.25, 0.3) is 0 Å². The molecule has 6 heteroatoms. The average molecular weight is 299 g/mol. The third-order valence-electron chi connectivity index (χ3n) is 2.51. The van der Waals surface area contributed by atoms with E-state index < -0.39 is 12.0 Å². The Morgan fingerprint density at radius 2 is 2.05 bits per heavy atom. The molecular weight excluding hydrogens is 278 g/mol. The van der Waals surface area contributed by atoms with Gasteiger partial charge in [-0.25, -0.2) is 4.79 Å². The fourth-order valence-corrected chi connectivity index (χ4v) is 2.30. The Balaban J connectivity index is 2.55. The highest BCUT2D eigenvalue weighted by molar-refractivity contribution is 7.13. The number of thiophene rings is 1. The van der Waals surface area contributed by atoms with E-state index in [9.17, 15) is 9.59 Å². The first-order valence-electron chi connectivity index (χ1n) is 6.43. The number of aliphatic carboxylic acids is 1. The molecule has 0 aliphatic rings. The Kier molecular flexibility index (Phi) is 5.71. The topological polar surface area (TPSA) is 75.6 Å². The van der Waals surface area contributed by atoms with Crippen molar-refractivity contribution in [1.82, 2.24) is 5.32 Å². The van der Waals surface area contributed by atoms with Crippen LogP contribution in [0.1, 0.15) is 41.7 Å². The molecule has 0 fully saturated rings. The van der Waals surface area contributed by atoms with Crippen LogP contribution in [0.15, 0.2) is 12.1 Å². The van der Waals surface area contributed by atoms with Crippen LogP contribution in [0.2, 0.25) is 0 Å². The molecule has 0 aliphatic carbocycles. The zero-order valence-electron chi connectivity index (χ0n) is 12.2. The predicted molar refractivity (Wildman–Crippen MR) is 78.3 cm³/mol. The smallest absolute Gasteiger partial charge is 0.326 e. The van der Waals surface area contributed by atoms with E-state index in [1.165, 1.54) is 11.3 Å². The van der Waals surface area contributed by atoms with E-state index in [2.05, 4.69) is 5.32 Å². The Morgan fingerprint density at radius 1 is 1.40 bits per heavy atom. The molecule has 112 valence electrons. The van der Waals surface area contributed by atoms with Gasteiger partial charge in [0.25, 0.3) is 5.91 Å². The SMILES string of the molecule is Cc1ccc(C(=O)NC(CCOC(C)(C)C)C(=O)O)s1. The van der Waals surface area contributed by atoms with Crippen LogP contribution in [0.5, 0.6) is 0 Å². The summed E-state index contributed by atoms with van der Waals surface area (Å²) >= 11 is 1.34. The van der Waals surface area contributed by atoms with Crippen molar-refractivity contribution in [3.05, 3.63) is 21.9 Å². The molecule has 5 nitrogen and oxygen atoms in total. The van der Waals surface area contributed by atoms with Crippen LogP contribution in [-0.2, 0) is 9.53 Å². The fourth-order valence-electron chi connectivity index (χ4n) is 1.53. The van der Waals surface area contributed by atoms with Crippen molar-refractivity contribution in [3.8, 4) is 0 Å². The third kappa shape index (κ3) is 5.71. The molecule has 1 aromatic rings. The molecule has 1 atom stereocenters. The standard InChI is InChI=1S/C14H21NO4S/c1-9-5-6-11(20-9)12(16)15-10(13(17)18)7-8-19-14(2,3)4/h5-6,10H,7-8H2,1-4H3,(H,15,16)(H,17,18). The van der Waals surface area contributed by atoms with Gasteiger partial charge in [-0.05, 0) is 39.8 Å². The molecule has 0 aromatic carbocycles. The third-order valence-corrected chi connectivity index (χ3v) is 3.51. The number of hydrogen-bond acceptors (Lipinski definition) is 4. The first kappa shape index (κ1) is 16.7. The largest absolute Gasteiger partial charge is 0.480 e. The van der Waals surface area contributed by atoms with E-state index in [-0.39, 0.29) is 24.5 Å². The second-order valence-electron chi connectivity index (χ2n) is 5.52. The molecule has 0 saturated heterocycles. The number of amides is 1. The first-order chi connectivity index (χ1) is 9.19. The molecule has 0 aliphatic heterocycles. The lowest BCUT2D eigenvalue weighted by molar-refractivity contribution is -0.140. The molecule has 1 rings (SSSR count). The summed E-state index contributed by atoms with van der Waals surface area (Å²) in [5.74, 6) is -1.41. The van der Waals surface area contributed by atoms with Crippen molar-refractivity contribution in [1.29, 1.82) is 0 Å². The molecule has 0 radical (unpaired) electrons. The van der Waals surface area contributed by atoms with Gasteiger partial charge in [-0.1, -0.05) is 0 Å². The van der Waals surface area contributed by atoms with Crippen molar-refractivity contribution < 1.29 is 19.4 Å². The van der Waals surface area contributed by atoms with E-state index >= 15 is 0 Å². The lowest BCUT2D eigenvalue weighted by atomic mass is 10.1. The Labute approximate surface area is 123 Å². The Hall–Kier alpha value is -1.40. The van der Waals surface area contributed by atoms with Gasteiger partial charge in [0.05, 0.1) is 10.5 Å². The minimum atomic E-state index is -1.05. The summed E-state index contributed by atoms with van der Waals surface area (Å²) in [4.78, 5) is 24.6. The van der Waals surface area contributed by atoms with Crippen molar-refractivity contribution in [3.63, 3.8) is 0 Å². The van der Waals surface area contributed by atoms with Crippen LogP contribution in [0, 0.1) is 6.92 Å². The summed E-state index contributed by atoms with van der Waals surface area (Å²) in [6.45, 7) is 7.87. The number of aryl methyl sites for hydroxylation is 1. The lowest BCUT2D eigenvalue weighted by Crippen LogP contribution is -2.41. The number of carbonyl (C=O) groups is 2. The number of hydrogen-bond donors (Lipinski definition) is 2. The molecule has 1 unspecified atom stereocenters. The maximum atomic E-state index is 11.9. The van der Waals surface area contributed by atoms with Crippen molar-refractivity contribution in [2.75, 3.05) is 6.61 Å². The van der Waals surface area contributed by atoms with Gasteiger partial charge in [0.1, 0.15) is 6.04 Å². The van der Waals surface area contributed by atoms with Crippen molar-refractivity contribution >= 4 is 23.2 Å². The molecular formula is C14H21NO4S. The zero-order chi connectivity index (χ0) is 15.3. The van der Waals surface area contributed by atoms with E-state index in [0.717, 1.165) is 4.88 Å². The summed E-state index contributed by atoms with van der Waals surface area (Å²) in [6, 6.07) is 2.59. The minimum absolute atomic E-state index is 0.239. The van der Waals surface area contributed by atoms with Crippen molar-refractivity contribution in [2.24, 2.45) is 0 Å². The lowest BCUT2D eigenvalue weighted by Gasteiger charge is -2.21. The molecule has 1 amide bonds. The average Bonchev–Trinajstić information content (AvgIpc) is 2.72. The number of ether oxygens (including phenoxy) is 1. The fraction of sp³-hybridized carbons (Fsp3) is 0.571. The second kappa shape index (κ2) is 6.85. The zero-order valence-corrected chi connectivity index (χ0v) is 13.0. The Morgan fingerprint density at radius 3 is 2.50 bits per heavy atom. The van der Waals surface area contributed by atoms with Gasteiger partial charge in [-0.2, -0.15) is 0 Å². The van der Waals surface area contributed by atoms with E-state index in [4.69, 9.17) is 9.84 Å². The molecule has 0 bridgehead atoms. The van der Waals surface area contributed by atoms with Gasteiger partial charge < -0.3 is 15.2 Å². The maximum absolute atomic E-state index is 11.9. The van der Waals surface area contributed by atoms with Crippen LogP contribution < -0.4 is 5.32 Å². The number of nitrogens with one attached hydrogen (secondary N) is 1. The van der Waals surface area contributed by atoms with Gasteiger partial charge in [-0.3, -0.25) is 4.79 Å². The normalized spacial score (nSPS) is 13.0. The highest BCUT2D eigenvalue weighted by atomic mass is 32.1. The van der Waals surface area contributed by atoms with Gasteiger partial charge in [-0.15, -0.1) is 11.3 Å². The quantitative estimate of drug-likeness (QED) is 0.846. The molecule has 20 heavy (non-hydrogen) atoms. The maximum Gasteiger partial charge on any atom is 0.326 e. The minimum Gasteiger partial charge on any atom is -0.480 e. The van der Waals surface area contributed by atoms with Gasteiger partial charge >= 0.3 is 5.97 Å². The summed E-state index contributed by atoms with van der Waals surface area (Å²) in [7, 11) is 0. The second-order valence-corrected chi connectivity index (χ2v) is 6.81. The van der Waals surface area contributed by atoms with Crippen LogP contribution >= 0.6 is 11.3 Å². The monoisotopic (exact) mass is 299 g/mol. The number of rotatable bonds is 6. The molecule has 1 heterocycles. The van der Waals surface area contributed by atoms with Gasteiger partial charge in [0, 0.05) is 17.9 Å². The van der Waals surface area contributed by atoms with Crippen LogP contribution in [0.4, 0.5) is 0 Å². The first-order valence-corrected chi connectivity index (χ1v) is 7.25. The highest BCUT2D eigenvalue weighted by Gasteiger charge is 2.22.